The van der Waals surface area contributed by atoms with Crippen molar-refractivity contribution in [2.75, 3.05) is 4.90 Å². The van der Waals surface area contributed by atoms with Crippen LogP contribution in [0.3, 0.4) is 0 Å². The van der Waals surface area contributed by atoms with Gasteiger partial charge < -0.3 is 4.90 Å². The van der Waals surface area contributed by atoms with Gasteiger partial charge in [-0.25, -0.2) is 0 Å². The fraction of sp³-hybridized carbons (Fsp3) is 0.0638. The summed E-state index contributed by atoms with van der Waals surface area (Å²) in [6, 6.07) is 60.7. The molecule has 1 aliphatic carbocycles. The summed E-state index contributed by atoms with van der Waals surface area (Å²) in [6.45, 7) is 4.69. The molecular weight excluding hydrogens is 611 g/mol. The molecule has 0 saturated carbocycles. The molecule has 10 rings (SSSR count). The molecule has 8 aromatic carbocycles. The van der Waals surface area contributed by atoms with Crippen molar-refractivity contribution >= 4 is 70.1 Å². The highest BCUT2D eigenvalue weighted by molar-refractivity contribution is 7.26. The van der Waals surface area contributed by atoms with Crippen molar-refractivity contribution in [3.8, 4) is 22.3 Å². The predicted molar refractivity (Wildman–Crippen MR) is 212 cm³/mol. The first kappa shape index (κ1) is 28.3. The number of anilines is 3. The van der Waals surface area contributed by atoms with Gasteiger partial charge in [-0.2, -0.15) is 0 Å². The minimum absolute atomic E-state index is 0.0347. The lowest BCUT2D eigenvalue weighted by atomic mass is 9.82. The summed E-state index contributed by atoms with van der Waals surface area (Å²) >= 11 is 1.88. The van der Waals surface area contributed by atoms with Crippen LogP contribution in [0.5, 0.6) is 0 Å². The Labute approximate surface area is 290 Å². The fourth-order valence-electron chi connectivity index (χ4n) is 8.24. The van der Waals surface area contributed by atoms with Crippen LogP contribution in [0.1, 0.15) is 25.0 Å². The van der Waals surface area contributed by atoms with Crippen LogP contribution >= 0.6 is 11.3 Å². The number of benzene rings is 8. The second-order valence-corrected chi connectivity index (χ2v) is 14.8. The molecule has 0 bridgehead atoms. The van der Waals surface area contributed by atoms with Gasteiger partial charge in [0.05, 0.1) is 0 Å². The first-order valence-electron chi connectivity index (χ1n) is 17.0. The van der Waals surface area contributed by atoms with Crippen LogP contribution in [-0.2, 0) is 5.41 Å². The van der Waals surface area contributed by atoms with Gasteiger partial charge in [-0.15, -0.1) is 11.3 Å². The molecule has 1 heterocycles. The van der Waals surface area contributed by atoms with E-state index >= 15 is 0 Å². The lowest BCUT2D eigenvalue weighted by molar-refractivity contribution is 0.660. The zero-order valence-corrected chi connectivity index (χ0v) is 28.3. The first-order valence-corrected chi connectivity index (χ1v) is 17.8. The molecule has 0 N–H and O–H groups in total. The van der Waals surface area contributed by atoms with Crippen molar-refractivity contribution < 1.29 is 0 Å². The van der Waals surface area contributed by atoms with E-state index in [0.29, 0.717) is 0 Å². The molecule has 0 saturated heterocycles. The van der Waals surface area contributed by atoms with Crippen LogP contribution in [0.15, 0.2) is 164 Å². The first-order chi connectivity index (χ1) is 24.0. The third-order valence-corrected chi connectivity index (χ3v) is 11.8. The number of nitrogens with zero attached hydrogens (tertiary/aromatic N) is 1. The van der Waals surface area contributed by atoms with Crippen LogP contribution in [0.25, 0.3) is 64.0 Å². The van der Waals surface area contributed by atoms with E-state index in [1.807, 2.05) is 11.3 Å². The molecule has 0 radical (unpaired) electrons. The zero-order valence-electron chi connectivity index (χ0n) is 27.4. The van der Waals surface area contributed by atoms with Crippen LogP contribution < -0.4 is 4.90 Å². The number of hydrogen-bond donors (Lipinski definition) is 0. The molecule has 1 nitrogen and oxygen atoms in total. The molecule has 0 fully saturated rings. The largest absolute Gasteiger partial charge is 0.310 e. The molecule has 2 heteroatoms. The Balaban J connectivity index is 1.16. The van der Waals surface area contributed by atoms with E-state index in [1.54, 1.807) is 0 Å². The van der Waals surface area contributed by atoms with E-state index in [4.69, 9.17) is 0 Å². The summed E-state index contributed by atoms with van der Waals surface area (Å²) in [5.41, 5.74) is 11.3. The van der Waals surface area contributed by atoms with Gasteiger partial charge in [0.2, 0.25) is 0 Å². The summed E-state index contributed by atoms with van der Waals surface area (Å²) < 4.78 is 2.67. The minimum Gasteiger partial charge on any atom is -0.310 e. The second-order valence-electron chi connectivity index (χ2n) is 13.8. The van der Waals surface area contributed by atoms with Crippen molar-refractivity contribution in [1.82, 2.24) is 0 Å². The van der Waals surface area contributed by atoms with E-state index in [-0.39, 0.29) is 5.41 Å². The molecule has 0 spiro atoms. The average molecular weight is 644 g/mol. The van der Waals surface area contributed by atoms with Crippen molar-refractivity contribution in [3.05, 3.63) is 175 Å². The van der Waals surface area contributed by atoms with Crippen molar-refractivity contribution in [1.29, 1.82) is 0 Å². The van der Waals surface area contributed by atoms with Crippen LogP contribution in [-0.4, -0.2) is 0 Å². The number of rotatable bonds is 4. The summed E-state index contributed by atoms with van der Waals surface area (Å²) in [7, 11) is 0. The van der Waals surface area contributed by atoms with E-state index in [0.717, 1.165) is 17.1 Å². The monoisotopic (exact) mass is 643 g/mol. The van der Waals surface area contributed by atoms with Gasteiger partial charge in [0.1, 0.15) is 0 Å². The lowest BCUT2D eigenvalue weighted by Crippen LogP contribution is -2.15. The average Bonchev–Trinajstić information content (AvgIpc) is 3.64. The maximum Gasteiger partial charge on any atom is 0.0468 e. The van der Waals surface area contributed by atoms with E-state index in [9.17, 15) is 0 Å². The van der Waals surface area contributed by atoms with Gasteiger partial charge in [-0.1, -0.05) is 129 Å². The molecule has 49 heavy (non-hydrogen) atoms. The molecule has 1 aromatic heterocycles. The van der Waals surface area contributed by atoms with E-state index in [1.165, 1.54) is 75.1 Å². The molecule has 0 unspecified atom stereocenters. The maximum absolute atomic E-state index is 2.43. The highest BCUT2D eigenvalue weighted by Gasteiger charge is 2.35. The minimum atomic E-state index is -0.0347. The number of hydrogen-bond acceptors (Lipinski definition) is 2. The van der Waals surface area contributed by atoms with Crippen molar-refractivity contribution in [2.45, 2.75) is 19.3 Å². The summed E-state index contributed by atoms with van der Waals surface area (Å²) in [5, 5.41) is 7.77. The molecule has 0 aliphatic heterocycles. The summed E-state index contributed by atoms with van der Waals surface area (Å²) in [4.78, 5) is 2.43. The van der Waals surface area contributed by atoms with Gasteiger partial charge in [0, 0.05) is 42.6 Å². The maximum atomic E-state index is 2.43. The normalized spacial score (nSPS) is 13.3. The van der Waals surface area contributed by atoms with E-state index in [2.05, 4.69) is 183 Å². The van der Waals surface area contributed by atoms with Crippen molar-refractivity contribution in [2.24, 2.45) is 0 Å². The fourth-order valence-corrected chi connectivity index (χ4v) is 9.36. The Morgan fingerprint density at radius 3 is 2.00 bits per heavy atom. The third-order valence-electron chi connectivity index (χ3n) is 10.7. The SMILES string of the molecule is CC1(C)c2ccccc2-c2cc(N(c3ccc(-c4cccc5ccccc45)cc3)c3ccc4c(ccc5sc6ccccc6c54)c3)ccc21. The van der Waals surface area contributed by atoms with Gasteiger partial charge >= 0.3 is 0 Å². The quantitative estimate of drug-likeness (QED) is 0.184. The second kappa shape index (κ2) is 10.7. The number of fused-ring (bicyclic) bond motifs is 9. The molecule has 0 amide bonds. The highest BCUT2D eigenvalue weighted by atomic mass is 32.1. The Hall–Kier alpha value is -5.70. The Morgan fingerprint density at radius 2 is 1.10 bits per heavy atom. The van der Waals surface area contributed by atoms with Crippen molar-refractivity contribution in [3.63, 3.8) is 0 Å². The van der Waals surface area contributed by atoms with E-state index < -0.39 is 0 Å². The van der Waals surface area contributed by atoms with Gasteiger partial charge in [-0.3, -0.25) is 0 Å². The van der Waals surface area contributed by atoms with Crippen LogP contribution in [0.4, 0.5) is 17.1 Å². The standard InChI is InChI=1S/C47H33NS/c1-47(2)42-16-7-5-13-39(42)41-29-35(24-26-43(41)47)48(33-21-18-31(19-22-33)37-15-9-11-30-10-3-4-12-36(30)37)34-23-25-38-32(28-34)20-27-45-46(38)40-14-6-8-17-44(40)49-45/h3-29H,1-2H3. The lowest BCUT2D eigenvalue weighted by Gasteiger charge is -2.27. The zero-order chi connectivity index (χ0) is 32.7. The van der Waals surface area contributed by atoms with Gasteiger partial charge in [0.15, 0.2) is 0 Å². The van der Waals surface area contributed by atoms with Crippen LogP contribution in [0, 0.1) is 0 Å². The highest BCUT2D eigenvalue weighted by Crippen LogP contribution is 2.51. The number of thiophene rings is 1. The molecule has 9 aromatic rings. The molecular formula is C47H33NS. The molecule has 0 atom stereocenters. The predicted octanol–water partition coefficient (Wildman–Crippen LogP) is 13.8. The van der Waals surface area contributed by atoms with Gasteiger partial charge in [0.25, 0.3) is 0 Å². The topological polar surface area (TPSA) is 3.24 Å². The van der Waals surface area contributed by atoms with Gasteiger partial charge in [-0.05, 0) is 103 Å². The molecule has 1 aliphatic rings. The summed E-state index contributed by atoms with van der Waals surface area (Å²) in [5.74, 6) is 0. The van der Waals surface area contributed by atoms with Crippen LogP contribution in [0.2, 0.25) is 0 Å². The Morgan fingerprint density at radius 1 is 0.429 bits per heavy atom. The summed E-state index contributed by atoms with van der Waals surface area (Å²) in [6.07, 6.45) is 0. The third kappa shape index (κ3) is 4.31. The smallest absolute Gasteiger partial charge is 0.0468 e. The molecule has 232 valence electrons. The Kier molecular flexibility index (Phi) is 6.16. The Bertz CT molecular complexity index is 2740.